The number of esters is 1. The predicted molar refractivity (Wildman–Crippen MR) is 81.8 cm³/mol. The number of sulfonamides is 1. The zero-order chi connectivity index (χ0) is 17.1. The van der Waals surface area contributed by atoms with Gasteiger partial charge in [0.15, 0.2) is 0 Å². The van der Waals surface area contributed by atoms with Gasteiger partial charge in [-0.05, 0) is 26.0 Å². The molecule has 0 aliphatic heterocycles. The minimum atomic E-state index is -4.01. The van der Waals surface area contributed by atoms with E-state index in [4.69, 9.17) is 0 Å². The number of para-hydroxylation sites is 1. The lowest BCUT2D eigenvalue weighted by Gasteiger charge is -2.32. The van der Waals surface area contributed by atoms with Gasteiger partial charge in [-0.15, -0.1) is 0 Å². The van der Waals surface area contributed by atoms with Crippen LogP contribution in [0.5, 0.6) is 0 Å². The predicted octanol–water partition coefficient (Wildman–Crippen LogP) is 1.22. The standard InChI is InChI=1S/C14H20N2O5S/c1-10(17)15-11-8-6-7-9-12(11)22(19,20)16(4)14(2,3)13(18)21-5/h6-9H,1-5H3,(H,15,17). The van der Waals surface area contributed by atoms with E-state index < -0.39 is 27.4 Å². The molecule has 1 rings (SSSR count). The van der Waals surface area contributed by atoms with Crippen molar-refractivity contribution in [2.45, 2.75) is 31.2 Å². The molecule has 122 valence electrons. The summed E-state index contributed by atoms with van der Waals surface area (Å²) in [4.78, 5) is 22.9. The normalized spacial score (nSPS) is 12.1. The molecule has 1 N–H and O–H groups in total. The number of amides is 1. The molecule has 0 aliphatic carbocycles. The van der Waals surface area contributed by atoms with E-state index in [9.17, 15) is 18.0 Å². The Morgan fingerprint density at radius 1 is 1.23 bits per heavy atom. The van der Waals surface area contributed by atoms with Crippen LogP contribution in [-0.4, -0.2) is 44.3 Å². The molecule has 0 saturated heterocycles. The van der Waals surface area contributed by atoms with Gasteiger partial charge in [0.05, 0.1) is 12.8 Å². The molecule has 0 aliphatic rings. The van der Waals surface area contributed by atoms with Crippen LogP contribution in [-0.2, 0) is 24.3 Å². The topological polar surface area (TPSA) is 92.8 Å². The summed E-state index contributed by atoms with van der Waals surface area (Å²) < 4.78 is 31.1. The van der Waals surface area contributed by atoms with Gasteiger partial charge in [0.25, 0.3) is 0 Å². The van der Waals surface area contributed by atoms with Crippen LogP contribution in [0.3, 0.4) is 0 Å². The largest absolute Gasteiger partial charge is 0.468 e. The second kappa shape index (κ2) is 6.45. The summed E-state index contributed by atoms with van der Waals surface area (Å²) in [6.07, 6.45) is 0. The van der Waals surface area contributed by atoms with Crippen molar-refractivity contribution in [1.29, 1.82) is 0 Å². The number of nitrogens with zero attached hydrogens (tertiary/aromatic N) is 1. The Balaban J connectivity index is 3.36. The molecule has 1 aromatic rings. The van der Waals surface area contributed by atoms with Crippen molar-refractivity contribution in [3.8, 4) is 0 Å². The molecule has 0 unspecified atom stereocenters. The van der Waals surface area contributed by atoms with Crippen molar-refractivity contribution >= 4 is 27.6 Å². The monoisotopic (exact) mass is 328 g/mol. The SMILES string of the molecule is COC(=O)C(C)(C)N(C)S(=O)(=O)c1ccccc1NC(C)=O. The number of anilines is 1. The number of benzene rings is 1. The van der Waals surface area contributed by atoms with Gasteiger partial charge in [-0.2, -0.15) is 4.31 Å². The van der Waals surface area contributed by atoms with Gasteiger partial charge in [-0.1, -0.05) is 12.1 Å². The number of carbonyl (C=O) groups excluding carboxylic acids is 2. The molecule has 0 bridgehead atoms. The molecular weight excluding hydrogens is 308 g/mol. The van der Waals surface area contributed by atoms with Crippen molar-refractivity contribution in [1.82, 2.24) is 4.31 Å². The molecule has 1 amide bonds. The summed E-state index contributed by atoms with van der Waals surface area (Å²) in [5.41, 5.74) is -1.24. The van der Waals surface area contributed by atoms with Gasteiger partial charge < -0.3 is 10.1 Å². The van der Waals surface area contributed by atoms with Crippen molar-refractivity contribution in [3.63, 3.8) is 0 Å². The minimum Gasteiger partial charge on any atom is -0.468 e. The Morgan fingerprint density at radius 2 is 1.77 bits per heavy atom. The number of rotatable bonds is 5. The van der Waals surface area contributed by atoms with Crippen LogP contribution >= 0.6 is 0 Å². The van der Waals surface area contributed by atoms with E-state index in [2.05, 4.69) is 10.1 Å². The van der Waals surface area contributed by atoms with Crippen LogP contribution in [0.2, 0.25) is 0 Å². The first-order valence-corrected chi connectivity index (χ1v) is 7.93. The van der Waals surface area contributed by atoms with E-state index >= 15 is 0 Å². The third kappa shape index (κ3) is 3.45. The molecule has 0 radical (unpaired) electrons. The average Bonchev–Trinajstić information content (AvgIpc) is 2.45. The van der Waals surface area contributed by atoms with Crippen LogP contribution in [0, 0.1) is 0 Å². The Hall–Kier alpha value is -1.93. The maximum absolute atomic E-state index is 12.8. The quantitative estimate of drug-likeness (QED) is 0.820. The Bertz CT molecular complexity index is 682. The fraction of sp³-hybridized carbons (Fsp3) is 0.429. The highest BCUT2D eigenvalue weighted by molar-refractivity contribution is 7.89. The van der Waals surface area contributed by atoms with E-state index in [1.54, 1.807) is 6.07 Å². The number of nitrogens with one attached hydrogen (secondary N) is 1. The number of likely N-dealkylation sites (N-methyl/N-ethyl adjacent to an activating group) is 1. The number of ether oxygens (including phenoxy) is 1. The summed E-state index contributed by atoms with van der Waals surface area (Å²) in [5.74, 6) is -1.08. The summed E-state index contributed by atoms with van der Waals surface area (Å²) in [7, 11) is -1.53. The van der Waals surface area contributed by atoms with Gasteiger partial charge in [-0.3, -0.25) is 9.59 Å². The fourth-order valence-corrected chi connectivity index (χ4v) is 3.43. The first-order valence-electron chi connectivity index (χ1n) is 6.49. The lowest BCUT2D eigenvalue weighted by Crippen LogP contribution is -2.51. The molecule has 1 aromatic carbocycles. The number of hydrogen-bond donors (Lipinski definition) is 1. The van der Waals surface area contributed by atoms with E-state index in [-0.39, 0.29) is 10.6 Å². The van der Waals surface area contributed by atoms with Crippen molar-refractivity contribution in [2.75, 3.05) is 19.5 Å². The Labute approximate surface area is 130 Å². The molecule has 7 nitrogen and oxygen atoms in total. The second-order valence-corrected chi connectivity index (χ2v) is 7.14. The highest BCUT2D eigenvalue weighted by Gasteiger charge is 2.41. The van der Waals surface area contributed by atoms with Gasteiger partial charge in [0, 0.05) is 14.0 Å². The maximum atomic E-state index is 12.8. The lowest BCUT2D eigenvalue weighted by atomic mass is 10.1. The third-order valence-corrected chi connectivity index (χ3v) is 5.40. The first kappa shape index (κ1) is 18.1. The third-order valence-electron chi connectivity index (χ3n) is 3.31. The molecular formula is C14H20N2O5S. The summed E-state index contributed by atoms with van der Waals surface area (Å²) in [6, 6.07) is 5.99. The fourth-order valence-electron chi connectivity index (χ4n) is 1.81. The minimum absolute atomic E-state index is 0.0929. The summed E-state index contributed by atoms with van der Waals surface area (Å²) in [6.45, 7) is 4.17. The molecule has 0 heterocycles. The van der Waals surface area contributed by atoms with E-state index in [0.29, 0.717) is 0 Å². The van der Waals surface area contributed by atoms with Crippen LogP contribution in [0.15, 0.2) is 29.2 Å². The van der Waals surface area contributed by atoms with Crippen LogP contribution in [0.1, 0.15) is 20.8 Å². The number of hydrogen-bond acceptors (Lipinski definition) is 5. The van der Waals surface area contributed by atoms with Crippen molar-refractivity contribution < 1.29 is 22.7 Å². The zero-order valence-electron chi connectivity index (χ0n) is 13.2. The molecule has 0 saturated carbocycles. The second-order valence-electron chi connectivity index (χ2n) is 5.20. The highest BCUT2D eigenvalue weighted by atomic mass is 32.2. The smallest absolute Gasteiger partial charge is 0.326 e. The van der Waals surface area contributed by atoms with Gasteiger partial charge in [0.1, 0.15) is 10.4 Å². The first-order chi connectivity index (χ1) is 10.0. The van der Waals surface area contributed by atoms with E-state index in [1.807, 2.05) is 0 Å². The molecule has 8 heteroatoms. The highest BCUT2D eigenvalue weighted by Crippen LogP contribution is 2.28. The summed E-state index contributed by atoms with van der Waals surface area (Å²) in [5, 5.41) is 2.47. The average molecular weight is 328 g/mol. The van der Waals surface area contributed by atoms with E-state index in [0.717, 1.165) is 4.31 Å². The maximum Gasteiger partial charge on any atom is 0.326 e. The molecule has 0 fully saturated rings. The number of methoxy groups -OCH3 is 1. The van der Waals surface area contributed by atoms with Gasteiger partial charge in [-0.25, -0.2) is 8.42 Å². The number of carbonyl (C=O) groups is 2. The molecule has 0 aromatic heterocycles. The Kier molecular flexibility index (Phi) is 5.31. The van der Waals surface area contributed by atoms with Crippen LogP contribution < -0.4 is 5.32 Å². The zero-order valence-corrected chi connectivity index (χ0v) is 14.0. The van der Waals surface area contributed by atoms with E-state index in [1.165, 1.54) is 53.1 Å². The molecule has 0 spiro atoms. The molecule has 22 heavy (non-hydrogen) atoms. The lowest BCUT2D eigenvalue weighted by molar-refractivity contribution is -0.149. The summed E-state index contributed by atoms with van der Waals surface area (Å²) >= 11 is 0. The Morgan fingerprint density at radius 3 is 2.27 bits per heavy atom. The van der Waals surface area contributed by atoms with Crippen LogP contribution in [0.25, 0.3) is 0 Å². The van der Waals surface area contributed by atoms with Crippen molar-refractivity contribution in [2.24, 2.45) is 0 Å². The van der Waals surface area contributed by atoms with Crippen LogP contribution in [0.4, 0.5) is 5.69 Å². The van der Waals surface area contributed by atoms with Gasteiger partial charge >= 0.3 is 5.97 Å². The van der Waals surface area contributed by atoms with Gasteiger partial charge in [0.2, 0.25) is 15.9 Å². The molecule has 0 atom stereocenters. The van der Waals surface area contributed by atoms with Crippen molar-refractivity contribution in [3.05, 3.63) is 24.3 Å².